The van der Waals surface area contributed by atoms with Gasteiger partial charge in [-0.1, -0.05) is 0 Å². The minimum atomic E-state index is -5.44. The van der Waals surface area contributed by atoms with Crippen molar-refractivity contribution >= 4 is 29.8 Å². The van der Waals surface area contributed by atoms with Crippen LogP contribution in [0.15, 0.2) is 46.4 Å². The van der Waals surface area contributed by atoms with Crippen molar-refractivity contribution in [3.05, 3.63) is 69.8 Å². The fraction of sp³-hybridized carbons (Fsp3) is 0.469. The van der Waals surface area contributed by atoms with Gasteiger partial charge in [0.05, 0.1) is 22.3 Å². The number of amides is 4. The topological polar surface area (TPSA) is 186 Å². The third-order valence-corrected chi connectivity index (χ3v) is 8.25. The summed E-state index contributed by atoms with van der Waals surface area (Å²) < 4.78 is 167. The summed E-state index contributed by atoms with van der Waals surface area (Å²) in [6, 6.07) is -1.24. The zero-order valence-electron chi connectivity index (χ0n) is 28.4. The maximum Gasteiger partial charge on any atom is 0.416 e. The van der Waals surface area contributed by atoms with Crippen LogP contribution in [0.25, 0.3) is 0 Å². The maximum absolute atomic E-state index is 14.4. The molecule has 2 aromatic rings. The molecule has 0 saturated carbocycles. The molecule has 23 heteroatoms. The molecule has 3 rings (SSSR count). The van der Waals surface area contributed by atoms with Gasteiger partial charge in [-0.05, 0) is 86.1 Å². The van der Waals surface area contributed by atoms with E-state index >= 15 is 0 Å². The van der Waals surface area contributed by atoms with Gasteiger partial charge in [0.1, 0.15) is 5.41 Å². The number of benzene rings is 2. The summed E-state index contributed by atoms with van der Waals surface area (Å²) in [4.78, 5) is 50.8. The van der Waals surface area contributed by atoms with E-state index in [9.17, 15) is 67.1 Å². The number of alkyl halides is 12. The quantitative estimate of drug-likeness (QED) is 0.0645. The highest BCUT2D eigenvalue weighted by molar-refractivity contribution is 6.19. The van der Waals surface area contributed by atoms with Crippen LogP contribution in [0.2, 0.25) is 0 Å². The number of halogens is 12. The van der Waals surface area contributed by atoms with Crippen molar-refractivity contribution in [2.75, 3.05) is 26.2 Å². The van der Waals surface area contributed by atoms with Gasteiger partial charge in [0.25, 0.3) is 0 Å². The number of rotatable bonds is 14. The molecule has 11 nitrogen and oxygen atoms in total. The Kier molecular flexibility index (Phi) is 13.4. The standard InChI is InChI=1S/C32H34F12N8O3/c33-29(34,35)19-9-17(10-20(13-19)30(36,37)38)15-28(16-18-11-21(31(39,40)41)14-22(12-18)32(42,43)44)23(53)51(7-3-1-5-49-25(45)46)27(55)52(24(28)54)8-4-2-6-50-26(47)48/h9-14H,1-8,15-16H2,(H4,45,46,49)(H4,47,48,50). The predicted molar refractivity (Wildman–Crippen MR) is 171 cm³/mol. The van der Waals surface area contributed by atoms with Gasteiger partial charge in [-0.15, -0.1) is 0 Å². The average Bonchev–Trinajstić information content (AvgIpc) is 3.04. The first-order chi connectivity index (χ1) is 25.2. The molecule has 8 N–H and O–H groups in total. The van der Waals surface area contributed by atoms with Crippen molar-refractivity contribution in [1.82, 2.24) is 9.80 Å². The molecule has 0 aromatic heterocycles. The molecule has 0 atom stereocenters. The summed E-state index contributed by atoms with van der Waals surface area (Å²) in [6.45, 7) is -1.31. The Morgan fingerprint density at radius 1 is 0.509 bits per heavy atom. The zero-order valence-corrected chi connectivity index (χ0v) is 28.4. The van der Waals surface area contributed by atoms with E-state index < -0.39 is 107 Å². The Bertz CT molecular complexity index is 1600. The van der Waals surface area contributed by atoms with Crippen LogP contribution in [0.5, 0.6) is 0 Å². The van der Waals surface area contributed by atoms with Crippen molar-refractivity contribution in [3.8, 4) is 0 Å². The summed E-state index contributed by atoms with van der Waals surface area (Å²) in [5.41, 5.74) is 8.43. The van der Waals surface area contributed by atoms with Gasteiger partial charge < -0.3 is 22.9 Å². The number of barbiturate groups is 1. The van der Waals surface area contributed by atoms with Crippen molar-refractivity contribution < 1.29 is 67.1 Å². The number of guanidine groups is 2. The van der Waals surface area contributed by atoms with Crippen molar-refractivity contribution in [1.29, 1.82) is 0 Å². The molecule has 304 valence electrons. The van der Waals surface area contributed by atoms with Gasteiger partial charge in [0, 0.05) is 26.2 Å². The van der Waals surface area contributed by atoms with Gasteiger partial charge in [0.15, 0.2) is 11.9 Å². The lowest BCUT2D eigenvalue weighted by Crippen LogP contribution is -2.66. The Morgan fingerprint density at radius 2 is 0.800 bits per heavy atom. The molecule has 2 aromatic carbocycles. The normalized spacial score (nSPS) is 15.4. The minimum Gasteiger partial charge on any atom is -0.370 e. The van der Waals surface area contributed by atoms with Crippen molar-refractivity contribution in [2.24, 2.45) is 38.3 Å². The van der Waals surface area contributed by atoms with Crippen LogP contribution in [0.3, 0.4) is 0 Å². The van der Waals surface area contributed by atoms with Gasteiger partial charge in [-0.3, -0.25) is 29.4 Å². The molecular formula is C32H34F12N8O3. The SMILES string of the molecule is NC(N)=NCCCCN1C(=O)N(CCCCN=C(N)N)C(=O)C(Cc2cc(C(F)(F)F)cc(C(F)(F)F)c2)(Cc2cc(C(F)(F)F)cc(C(F)(F)F)c2)C1=O. The molecular weight excluding hydrogens is 772 g/mol. The first kappa shape index (κ1) is 44.1. The molecule has 1 aliphatic heterocycles. The average molecular weight is 807 g/mol. The molecule has 1 saturated heterocycles. The van der Waals surface area contributed by atoms with E-state index in [1.807, 2.05) is 0 Å². The maximum atomic E-state index is 14.4. The predicted octanol–water partition coefficient (Wildman–Crippen LogP) is 5.43. The van der Waals surface area contributed by atoms with Crippen LogP contribution < -0.4 is 22.9 Å². The number of nitrogens with two attached hydrogens (primary N) is 4. The molecule has 55 heavy (non-hydrogen) atoms. The highest BCUT2D eigenvalue weighted by atomic mass is 19.4. The van der Waals surface area contributed by atoms with Crippen LogP contribution in [0, 0.1) is 5.41 Å². The Hall–Kier alpha value is -5.25. The lowest BCUT2D eigenvalue weighted by Gasteiger charge is -2.44. The number of hydrogen-bond acceptors (Lipinski definition) is 5. The number of imide groups is 2. The van der Waals surface area contributed by atoms with Crippen LogP contribution in [0.1, 0.15) is 59.1 Å². The van der Waals surface area contributed by atoms with Crippen molar-refractivity contribution in [3.63, 3.8) is 0 Å². The fourth-order valence-corrected chi connectivity index (χ4v) is 5.81. The third kappa shape index (κ3) is 11.4. The first-order valence-electron chi connectivity index (χ1n) is 16.0. The second-order valence-electron chi connectivity index (χ2n) is 12.5. The molecule has 1 aliphatic rings. The lowest BCUT2D eigenvalue weighted by atomic mass is 9.72. The first-order valence-corrected chi connectivity index (χ1v) is 16.0. The number of hydrogen-bond donors (Lipinski definition) is 4. The lowest BCUT2D eigenvalue weighted by molar-refractivity contribution is -0.159. The minimum absolute atomic E-state index is 0.0551. The molecule has 1 fully saturated rings. The number of carbonyl (C=O) groups is 3. The zero-order chi connectivity index (χ0) is 41.7. The Labute approximate surface area is 304 Å². The molecule has 1 heterocycles. The van der Waals surface area contributed by atoms with E-state index in [-0.39, 0.29) is 87.1 Å². The van der Waals surface area contributed by atoms with E-state index in [1.165, 1.54) is 0 Å². The van der Waals surface area contributed by atoms with Gasteiger partial charge in [-0.2, -0.15) is 52.7 Å². The second-order valence-corrected chi connectivity index (χ2v) is 12.5. The van der Waals surface area contributed by atoms with E-state index in [0.717, 1.165) is 0 Å². The molecule has 0 aliphatic carbocycles. The number of nitrogens with zero attached hydrogens (tertiary/aromatic N) is 4. The molecule has 0 bridgehead atoms. The molecule has 4 amide bonds. The second kappa shape index (κ2) is 16.6. The number of aliphatic imine (C=N–C) groups is 2. The van der Waals surface area contributed by atoms with E-state index in [2.05, 4.69) is 9.98 Å². The van der Waals surface area contributed by atoms with Gasteiger partial charge in [0.2, 0.25) is 11.8 Å². The van der Waals surface area contributed by atoms with E-state index in [1.54, 1.807) is 0 Å². The van der Waals surface area contributed by atoms with Gasteiger partial charge in [-0.25, -0.2) is 4.79 Å². The van der Waals surface area contributed by atoms with Gasteiger partial charge >= 0.3 is 30.7 Å². The summed E-state index contributed by atoms with van der Waals surface area (Å²) in [5.74, 6) is -3.86. The summed E-state index contributed by atoms with van der Waals surface area (Å²) >= 11 is 0. The number of unbranched alkanes of at least 4 members (excludes halogenated alkanes) is 2. The summed E-state index contributed by atoms with van der Waals surface area (Å²) in [5, 5.41) is 0. The summed E-state index contributed by atoms with van der Waals surface area (Å²) in [6.07, 6.45) is -24.8. The van der Waals surface area contributed by atoms with Crippen LogP contribution in [0.4, 0.5) is 57.5 Å². The van der Waals surface area contributed by atoms with E-state index in [0.29, 0.717) is 9.80 Å². The molecule has 0 unspecified atom stereocenters. The highest BCUT2D eigenvalue weighted by Gasteiger charge is 2.57. The van der Waals surface area contributed by atoms with E-state index in [4.69, 9.17) is 22.9 Å². The largest absolute Gasteiger partial charge is 0.416 e. The number of carbonyl (C=O) groups excluding carboxylic acids is 3. The Balaban J connectivity index is 2.34. The molecule has 0 radical (unpaired) electrons. The van der Waals surface area contributed by atoms with Crippen LogP contribution in [-0.2, 0) is 47.1 Å². The van der Waals surface area contributed by atoms with Crippen LogP contribution >= 0.6 is 0 Å². The monoisotopic (exact) mass is 806 g/mol. The highest BCUT2D eigenvalue weighted by Crippen LogP contribution is 2.43. The Morgan fingerprint density at radius 3 is 1.05 bits per heavy atom. The fourth-order valence-electron chi connectivity index (χ4n) is 5.81. The third-order valence-electron chi connectivity index (χ3n) is 8.25. The summed E-state index contributed by atoms with van der Waals surface area (Å²) in [7, 11) is 0. The molecule has 0 spiro atoms. The smallest absolute Gasteiger partial charge is 0.370 e. The van der Waals surface area contributed by atoms with Crippen LogP contribution in [-0.4, -0.2) is 65.7 Å². The van der Waals surface area contributed by atoms with Crippen molar-refractivity contribution in [2.45, 2.75) is 63.2 Å². The number of urea groups is 1.